The summed E-state index contributed by atoms with van der Waals surface area (Å²) in [5, 5.41) is 11.2. The Hall–Kier alpha value is -7.04. The van der Waals surface area contributed by atoms with E-state index in [2.05, 4.69) is 10.6 Å². The Morgan fingerprint density at radius 1 is 0.341 bits per heavy atom. The van der Waals surface area contributed by atoms with Crippen molar-refractivity contribution in [3.05, 3.63) is 0 Å². The minimum atomic E-state index is -3.62. The SMILES string of the molecule is C.C.CC(C)(C)OC(=O)N1CCC[C@@H]2CN(C(=O)OC3C4CC5CC3CC(C(N)=O)(C5)C4)C[C@@H]21.CC(C)(C)OC(=O)N1CCC[C@H]2CN(C(=O)OC3C4CC5CC3CC(C(N)=O)(C5)C4)C[C@@H]21.CC(C)(C)OC(=O)N[C@@H]1CCN(C(=O)OC2C3CC4CC2CC(S(C)(=O)=O)(C4)C3)C1.CC(C)(C)OC(=O)N[C@@H]1CCN(C(=O)OC2C3CC4CC2CC(S(N)(=O)=O)(C4)C3)C1. The molecule has 16 saturated carbocycles. The van der Waals surface area contributed by atoms with E-state index in [1.807, 2.05) is 72.1 Å². The summed E-state index contributed by atoms with van der Waals surface area (Å²) < 4.78 is 93.9. The Morgan fingerprint density at radius 3 is 0.921 bits per heavy atom. The van der Waals surface area contributed by atoms with Crippen molar-refractivity contribution in [1.82, 2.24) is 40.0 Å². The zero-order valence-corrected chi connectivity index (χ0v) is 77.0. The number of carbonyl (C=O) groups excluding carboxylic acids is 10. The Bertz CT molecular complexity index is 4000. The van der Waals surface area contributed by atoms with E-state index < -0.39 is 63.9 Å². The number of fused-ring (bicyclic) bond motifs is 2. The number of nitrogens with two attached hydrogens (primary N) is 3. The maximum Gasteiger partial charge on any atom is 0.410 e. The van der Waals surface area contributed by atoms with Crippen LogP contribution in [0.3, 0.4) is 0 Å². The second-order valence-corrected chi connectivity index (χ2v) is 49.9. The quantitative estimate of drug-likeness (QED) is 0.127. The van der Waals surface area contributed by atoms with Gasteiger partial charge in [0.2, 0.25) is 21.8 Å². The molecule has 16 aliphatic carbocycles. The molecule has 35 heteroatoms. The summed E-state index contributed by atoms with van der Waals surface area (Å²) in [6.45, 7) is 27.5. The number of hydrogen-bond acceptors (Lipinski definition) is 22. The van der Waals surface area contributed by atoms with Gasteiger partial charge in [0.05, 0.1) is 44.5 Å². The molecular formula is C91H149N11O22S2. The molecule has 22 aliphatic rings. The van der Waals surface area contributed by atoms with Gasteiger partial charge in [-0.3, -0.25) is 9.59 Å². The number of sulfonamides is 1. The van der Waals surface area contributed by atoms with E-state index in [1.54, 1.807) is 40.4 Å². The Kier molecular flexibility index (Phi) is 27.3. The van der Waals surface area contributed by atoms with E-state index in [0.717, 1.165) is 122 Å². The number of primary amides is 2. The topological polar surface area (TPSA) is 434 Å². The minimum Gasteiger partial charge on any atom is -0.446 e. The van der Waals surface area contributed by atoms with Gasteiger partial charge in [-0.25, -0.2) is 60.3 Å². The van der Waals surface area contributed by atoms with E-state index >= 15 is 0 Å². The lowest BCUT2D eigenvalue weighted by atomic mass is 9.48. The molecule has 14 atom stereocenters. The van der Waals surface area contributed by atoms with Crippen LogP contribution in [0.25, 0.3) is 0 Å². The number of amides is 10. The van der Waals surface area contributed by atoms with Gasteiger partial charge in [-0.2, -0.15) is 0 Å². The van der Waals surface area contributed by atoms with Crippen molar-refractivity contribution in [2.75, 3.05) is 71.7 Å². The monoisotopic (exact) mass is 1810 g/mol. The third-order valence-corrected chi connectivity index (χ3v) is 35.5. The molecule has 22 rings (SSSR count). The fourth-order valence-electron chi connectivity index (χ4n) is 27.5. The zero-order valence-electron chi connectivity index (χ0n) is 75.4. The van der Waals surface area contributed by atoms with Crippen molar-refractivity contribution < 1.29 is 103 Å². The van der Waals surface area contributed by atoms with Crippen LogP contribution in [0.4, 0.5) is 38.4 Å². The highest BCUT2D eigenvalue weighted by molar-refractivity contribution is 7.92. The summed E-state index contributed by atoms with van der Waals surface area (Å²) >= 11 is 0. The van der Waals surface area contributed by atoms with Crippen LogP contribution in [-0.2, 0) is 67.3 Å². The number of piperidine rings is 2. The molecule has 0 aromatic carbocycles. The number of sulfone groups is 1. The summed E-state index contributed by atoms with van der Waals surface area (Å²) in [7, 11) is -6.75. The third-order valence-electron chi connectivity index (χ3n) is 31.7. The number of nitrogens with one attached hydrogen (secondary N) is 2. The molecule has 16 bridgehead atoms. The first-order chi connectivity index (χ1) is 57.8. The van der Waals surface area contributed by atoms with Gasteiger partial charge >= 0.3 is 48.7 Å². The molecule has 6 heterocycles. The lowest BCUT2D eigenvalue weighted by Gasteiger charge is -2.58. The highest BCUT2D eigenvalue weighted by Crippen LogP contribution is 2.64. The molecule has 0 spiro atoms. The van der Waals surface area contributed by atoms with Crippen molar-refractivity contribution in [3.63, 3.8) is 0 Å². The number of carbonyl (C=O) groups is 10. The summed E-state index contributed by atoms with van der Waals surface area (Å²) in [4.78, 5) is 136. The minimum absolute atomic E-state index is 0. The molecule has 10 amide bonds. The van der Waals surface area contributed by atoms with E-state index in [1.165, 1.54) is 6.26 Å². The number of primary sulfonamides is 1. The molecule has 0 radical (unpaired) electrons. The largest absolute Gasteiger partial charge is 0.446 e. The van der Waals surface area contributed by atoms with Crippen LogP contribution in [0.1, 0.15) is 265 Å². The van der Waals surface area contributed by atoms with Crippen molar-refractivity contribution in [1.29, 1.82) is 0 Å². The van der Waals surface area contributed by atoms with Crippen molar-refractivity contribution >= 4 is 80.4 Å². The Balaban J connectivity index is 0.000000143. The molecule has 0 aromatic heterocycles. The van der Waals surface area contributed by atoms with E-state index in [9.17, 15) is 64.8 Å². The number of alkyl carbamates (subject to hydrolysis) is 2. The summed E-state index contributed by atoms with van der Waals surface area (Å²) in [5.74, 6) is 3.35. The molecular weight excluding hydrogens is 1660 g/mol. The van der Waals surface area contributed by atoms with Crippen LogP contribution in [0.5, 0.6) is 0 Å². The molecule has 22 fully saturated rings. The maximum atomic E-state index is 13.2. The van der Waals surface area contributed by atoms with Crippen LogP contribution in [0, 0.1) is 93.7 Å². The standard InChI is InChI=1S/2C24H37N3O5.C21H34N2O6S.C20H33N3O6S.2CH4/c2*1-23(2,3)32-22(30)27-6-4-5-15-12-26(13-18(15)27)21(29)31-19-16-7-14-8-17(19)11-24(9-14,10-16)20(25)28;1-20(2,3)29-18(24)22-16-5-6-23(12-16)19(25)28-17-14-7-13-8-15(17)11-21(9-13,10-14)30(4,26)27;1-19(2,3)29-17(24)22-15-4-5-23(11-15)18(25)28-16-13-6-12-7-14(16)10-20(8-12,9-13)30(21,26)27;;/h2*14-19H,4-13H2,1-3H3,(H2,25,28);13-17H,5-12H2,1-4H3,(H,22,24);12-16H,4-11H2,1-3H3,(H,22,24)(H2,21,26,27);2*1H4/t14?,15-,16?,17?,18+,19?,24?;14?,15-,16?,17?,18-,19?,24?;13?,14?,15?,16-,17?,21?;12?,13?,14?,15-,16?,20?;;/m1011../s1. The van der Waals surface area contributed by atoms with Crippen LogP contribution >= 0.6 is 0 Å². The van der Waals surface area contributed by atoms with Gasteiger partial charge in [0.25, 0.3) is 0 Å². The average molecular weight is 1810 g/mol. The normalized spacial score (nSPS) is 38.5. The summed E-state index contributed by atoms with van der Waals surface area (Å²) in [6.07, 6.45) is 19.3. The molecule has 6 saturated heterocycles. The molecule has 33 nitrogen and oxygen atoms in total. The first kappa shape index (κ1) is 96.5. The van der Waals surface area contributed by atoms with Gasteiger partial charge in [-0.15, -0.1) is 0 Å². The molecule has 0 aromatic rings. The van der Waals surface area contributed by atoms with Crippen molar-refractivity contribution in [2.24, 2.45) is 110 Å². The molecule has 6 aliphatic heterocycles. The van der Waals surface area contributed by atoms with Gasteiger partial charge in [-0.05, 0) is 333 Å². The van der Waals surface area contributed by atoms with Crippen molar-refractivity contribution in [2.45, 2.75) is 345 Å². The number of nitrogens with zero attached hydrogens (tertiary/aromatic N) is 6. The first-order valence-corrected chi connectivity index (χ1v) is 49.9. The summed E-state index contributed by atoms with van der Waals surface area (Å²) in [5.41, 5.74) is 8.59. The maximum absolute atomic E-state index is 13.2. The average Bonchev–Trinajstić information content (AvgIpc) is 0.776. The van der Waals surface area contributed by atoms with E-state index in [-0.39, 0.29) is 182 Å². The van der Waals surface area contributed by atoms with Gasteiger partial charge in [-0.1, -0.05) is 14.9 Å². The van der Waals surface area contributed by atoms with Crippen molar-refractivity contribution in [3.8, 4) is 0 Å². The number of likely N-dealkylation sites (tertiary alicyclic amines) is 6. The molecule has 126 heavy (non-hydrogen) atoms. The van der Waals surface area contributed by atoms with E-state index in [0.29, 0.717) is 134 Å². The van der Waals surface area contributed by atoms with Crippen LogP contribution in [0.15, 0.2) is 0 Å². The first-order valence-electron chi connectivity index (χ1n) is 46.4. The predicted octanol–water partition coefficient (Wildman–Crippen LogP) is 12.2. The number of hydrogen-bond donors (Lipinski definition) is 5. The fourth-order valence-corrected chi connectivity index (χ4v) is 30.4. The fraction of sp³-hybridized carbons (Fsp3) is 0.890. The van der Waals surface area contributed by atoms with Crippen LogP contribution < -0.4 is 27.2 Å². The lowest BCUT2D eigenvalue weighted by Crippen LogP contribution is -2.62. The molecule has 712 valence electrons. The van der Waals surface area contributed by atoms with Crippen LogP contribution in [0.2, 0.25) is 0 Å². The van der Waals surface area contributed by atoms with Gasteiger partial charge < -0.3 is 89.4 Å². The number of rotatable bonds is 10. The Morgan fingerprint density at radius 2 is 0.627 bits per heavy atom. The van der Waals surface area contributed by atoms with Gasteiger partial charge in [0, 0.05) is 71.7 Å². The van der Waals surface area contributed by atoms with E-state index in [4.69, 9.17) is 54.5 Å². The highest BCUT2D eigenvalue weighted by atomic mass is 32.2. The second kappa shape index (κ2) is 35.6. The van der Waals surface area contributed by atoms with Gasteiger partial charge in [0.1, 0.15) is 46.8 Å². The molecule has 8 unspecified atom stereocenters. The zero-order chi connectivity index (χ0) is 89.5. The Labute approximate surface area is 746 Å². The molecule has 8 N–H and O–H groups in total. The van der Waals surface area contributed by atoms with Gasteiger partial charge in [0.15, 0.2) is 9.84 Å². The summed E-state index contributed by atoms with van der Waals surface area (Å²) in [6, 6.07) is -0.346. The smallest absolute Gasteiger partial charge is 0.410 e. The lowest BCUT2D eigenvalue weighted by molar-refractivity contribution is -0.162. The van der Waals surface area contributed by atoms with Crippen LogP contribution in [-0.4, -0.2) is 259 Å². The predicted molar refractivity (Wildman–Crippen MR) is 466 cm³/mol. The number of ether oxygens (including phenoxy) is 8. The highest BCUT2D eigenvalue weighted by Gasteiger charge is 2.65. The second-order valence-electron chi connectivity index (χ2n) is 45.5. The third kappa shape index (κ3) is 20.5.